The van der Waals surface area contributed by atoms with Gasteiger partial charge >= 0.3 is 5.97 Å². The fourth-order valence-electron chi connectivity index (χ4n) is 5.51. The van der Waals surface area contributed by atoms with E-state index >= 15 is 0 Å². The Hall–Kier alpha value is -0.600. The van der Waals surface area contributed by atoms with Gasteiger partial charge in [-0.15, -0.1) is 0 Å². The molecule has 2 saturated carbocycles. The van der Waals surface area contributed by atoms with Gasteiger partial charge in [-0.1, -0.05) is 20.8 Å². The smallest absolute Gasteiger partial charge is 0.306 e. The number of carbonyl (C=O) groups is 1. The molecule has 2 nitrogen and oxygen atoms in total. The monoisotopic (exact) mass is 268 g/mol. The number of halogens is 1. The molecule has 0 bridgehead atoms. The van der Waals surface area contributed by atoms with Gasteiger partial charge in [0.25, 0.3) is 0 Å². The van der Waals surface area contributed by atoms with Crippen LogP contribution in [0.25, 0.3) is 0 Å². The van der Waals surface area contributed by atoms with E-state index in [4.69, 9.17) is 4.74 Å². The van der Waals surface area contributed by atoms with Crippen molar-refractivity contribution in [2.45, 2.75) is 71.6 Å². The molecule has 0 unspecified atom stereocenters. The zero-order chi connectivity index (χ0) is 14.1. The zero-order valence-corrected chi connectivity index (χ0v) is 12.5. The minimum absolute atomic E-state index is 0.0469. The topological polar surface area (TPSA) is 26.3 Å². The summed E-state index contributed by atoms with van der Waals surface area (Å²) < 4.78 is 19.9. The van der Waals surface area contributed by atoms with Gasteiger partial charge in [0, 0.05) is 5.92 Å². The molecule has 19 heavy (non-hydrogen) atoms. The number of fused-ring (bicyclic) bond motifs is 3. The first-order chi connectivity index (χ1) is 8.70. The molecule has 0 aromatic heterocycles. The lowest BCUT2D eigenvalue weighted by atomic mass is 9.45. The van der Waals surface area contributed by atoms with Crippen molar-refractivity contribution in [1.82, 2.24) is 0 Å². The van der Waals surface area contributed by atoms with E-state index in [9.17, 15) is 9.18 Å². The Morgan fingerprint density at radius 1 is 1.11 bits per heavy atom. The molecule has 3 aliphatic rings. The Balaban J connectivity index is 2.00. The SMILES string of the molecule is CC1(C)[C@H](F)CC[C@]2(C)[C@H]3CC(=O)O[C@]3(C)CC[C@@H]12. The summed E-state index contributed by atoms with van der Waals surface area (Å²) in [7, 11) is 0. The number of esters is 1. The maximum absolute atomic E-state index is 14.3. The van der Waals surface area contributed by atoms with Crippen molar-refractivity contribution in [2.75, 3.05) is 0 Å². The molecule has 0 radical (unpaired) electrons. The number of hydrogen-bond acceptors (Lipinski definition) is 2. The molecular formula is C16H25FO2. The molecule has 2 aliphatic carbocycles. The minimum Gasteiger partial charge on any atom is -0.459 e. The summed E-state index contributed by atoms with van der Waals surface area (Å²) in [5.74, 6) is 0.559. The van der Waals surface area contributed by atoms with Crippen molar-refractivity contribution in [2.24, 2.45) is 22.7 Å². The van der Waals surface area contributed by atoms with Gasteiger partial charge in [0.15, 0.2) is 0 Å². The Kier molecular flexibility index (Phi) is 2.63. The molecule has 1 heterocycles. The first-order valence-electron chi connectivity index (χ1n) is 7.56. The molecule has 1 aliphatic heterocycles. The summed E-state index contributed by atoms with van der Waals surface area (Å²) >= 11 is 0. The average molecular weight is 268 g/mol. The Bertz CT molecular complexity index is 419. The predicted octanol–water partition coefficient (Wildman–Crippen LogP) is 3.88. The van der Waals surface area contributed by atoms with Crippen LogP contribution in [0.4, 0.5) is 4.39 Å². The highest BCUT2D eigenvalue weighted by Crippen LogP contribution is 2.65. The first-order valence-corrected chi connectivity index (χ1v) is 7.56. The highest BCUT2D eigenvalue weighted by Gasteiger charge is 2.64. The van der Waals surface area contributed by atoms with Gasteiger partial charge in [0.05, 0.1) is 6.42 Å². The first kappa shape index (κ1) is 13.4. The van der Waals surface area contributed by atoms with E-state index in [1.807, 2.05) is 0 Å². The summed E-state index contributed by atoms with van der Waals surface area (Å²) in [5, 5.41) is 0. The maximum atomic E-state index is 14.3. The molecular weight excluding hydrogens is 243 g/mol. The van der Waals surface area contributed by atoms with Crippen LogP contribution >= 0.6 is 0 Å². The Morgan fingerprint density at radius 2 is 1.79 bits per heavy atom. The van der Waals surface area contributed by atoms with Crippen molar-refractivity contribution in [1.29, 1.82) is 0 Å². The highest BCUT2D eigenvalue weighted by molar-refractivity contribution is 5.73. The molecule has 0 N–H and O–H groups in total. The van der Waals surface area contributed by atoms with Crippen molar-refractivity contribution in [3.8, 4) is 0 Å². The van der Waals surface area contributed by atoms with E-state index in [1.54, 1.807) is 0 Å². The van der Waals surface area contributed by atoms with Gasteiger partial charge < -0.3 is 4.74 Å². The van der Waals surface area contributed by atoms with Crippen LogP contribution in [0.15, 0.2) is 0 Å². The van der Waals surface area contributed by atoms with Gasteiger partial charge in [-0.05, 0) is 49.4 Å². The Morgan fingerprint density at radius 3 is 2.47 bits per heavy atom. The van der Waals surface area contributed by atoms with Crippen LogP contribution in [-0.4, -0.2) is 17.7 Å². The van der Waals surface area contributed by atoms with E-state index < -0.39 is 6.17 Å². The van der Waals surface area contributed by atoms with Gasteiger partial charge in [0.2, 0.25) is 0 Å². The summed E-state index contributed by atoms with van der Waals surface area (Å²) in [4.78, 5) is 11.8. The fourth-order valence-corrected chi connectivity index (χ4v) is 5.51. The van der Waals surface area contributed by atoms with Crippen LogP contribution in [0.3, 0.4) is 0 Å². The predicted molar refractivity (Wildman–Crippen MR) is 71.3 cm³/mol. The van der Waals surface area contributed by atoms with E-state index in [2.05, 4.69) is 27.7 Å². The number of alkyl halides is 1. The van der Waals surface area contributed by atoms with Crippen LogP contribution in [0, 0.1) is 22.7 Å². The van der Waals surface area contributed by atoms with E-state index in [1.165, 1.54) is 0 Å². The number of rotatable bonds is 0. The fraction of sp³-hybridized carbons (Fsp3) is 0.938. The van der Waals surface area contributed by atoms with Crippen molar-refractivity contribution in [3.05, 3.63) is 0 Å². The van der Waals surface area contributed by atoms with Crippen molar-refractivity contribution < 1.29 is 13.9 Å². The summed E-state index contributed by atoms with van der Waals surface area (Å²) in [5.41, 5.74) is -0.535. The largest absolute Gasteiger partial charge is 0.459 e. The average Bonchev–Trinajstić information content (AvgIpc) is 2.61. The molecule has 5 atom stereocenters. The highest BCUT2D eigenvalue weighted by atomic mass is 19.1. The number of ether oxygens (including phenoxy) is 1. The molecule has 0 aromatic carbocycles. The van der Waals surface area contributed by atoms with Gasteiger partial charge in [-0.3, -0.25) is 4.79 Å². The van der Waals surface area contributed by atoms with Crippen molar-refractivity contribution in [3.63, 3.8) is 0 Å². The summed E-state index contributed by atoms with van der Waals surface area (Å²) in [6.07, 6.45) is 3.19. The van der Waals surface area contributed by atoms with Gasteiger partial charge in [0.1, 0.15) is 11.8 Å². The lowest BCUT2D eigenvalue weighted by molar-refractivity contribution is -0.174. The molecule has 0 spiro atoms. The van der Waals surface area contributed by atoms with Crippen LogP contribution < -0.4 is 0 Å². The molecule has 108 valence electrons. The second kappa shape index (κ2) is 3.73. The van der Waals surface area contributed by atoms with E-state index in [0.717, 1.165) is 19.3 Å². The maximum Gasteiger partial charge on any atom is 0.306 e. The van der Waals surface area contributed by atoms with E-state index in [0.29, 0.717) is 18.8 Å². The van der Waals surface area contributed by atoms with Crippen LogP contribution in [0.5, 0.6) is 0 Å². The standard InChI is InChI=1S/C16H25FO2/c1-14(2)10-5-8-16(4)11(9-13(18)19-16)15(10,3)7-6-12(14)17/h10-12H,5-9H2,1-4H3/t10-,11+,12+,15-,16+/m0/s1. The number of carbonyl (C=O) groups excluding carboxylic acids is 1. The molecule has 1 saturated heterocycles. The second-order valence-corrected chi connectivity index (χ2v) is 7.97. The third kappa shape index (κ3) is 1.62. The Labute approximate surface area is 115 Å². The van der Waals surface area contributed by atoms with E-state index in [-0.39, 0.29) is 28.3 Å². The lowest BCUT2D eigenvalue weighted by Crippen LogP contribution is -2.58. The second-order valence-electron chi connectivity index (χ2n) is 7.97. The molecule has 0 amide bonds. The molecule has 3 fully saturated rings. The van der Waals surface area contributed by atoms with Crippen LogP contribution in [0.2, 0.25) is 0 Å². The summed E-state index contributed by atoms with van der Waals surface area (Å²) in [6, 6.07) is 0. The van der Waals surface area contributed by atoms with Crippen molar-refractivity contribution >= 4 is 5.97 Å². The number of hydrogen-bond donors (Lipinski definition) is 0. The van der Waals surface area contributed by atoms with Crippen LogP contribution in [-0.2, 0) is 9.53 Å². The lowest BCUT2D eigenvalue weighted by Gasteiger charge is -2.60. The third-order valence-corrected chi connectivity index (χ3v) is 6.62. The quantitative estimate of drug-likeness (QED) is 0.623. The van der Waals surface area contributed by atoms with Gasteiger partial charge in [-0.2, -0.15) is 0 Å². The zero-order valence-electron chi connectivity index (χ0n) is 12.5. The molecule has 0 aromatic rings. The molecule has 3 rings (SSSR count). The van der Waals surface area contributed by atoms with Crippen LogP contribution in [0.1, 0.15) is 59.8 Å². The minimum atomic E-state index is -0.715. The summed E-state index contributed by atoms with van der Waals surface area (Å²) in [6.45, 7) is 8.49. The van der Waals surface area contributed by atoms with Gasteiger partial charge in [-0.25, -0.2) is 4.39 Å². The molecule has 3 heteroatoms. The third-order valence-electron chi connectivity index (χ3n) is 6.62. The normalized spacial score (nSPS) is 52.3.